The molecule has 3 rings (SSSR count). The molecule has 0 aliphatic rings. The maximum Gasteiger partial charge on any atom is 0.265 e. The molecular weight excluding hydrogens is 330 g/mol. The first-order valence-corrected chi connectivity index (χ1v) is 9.15. The highest BCUT2D eigenvalue weighted by Gasteiger charge is 2.19. The van der Waals surface area contributed by atoms with Crippen molar-refractivity contribution in [2.45, 2.75) is 32.7 Å². The Labute approximate surface area is 152 Å². The number of aryl methyl sites for hydroxylation is 2. The van der Waals surface area contributed by atoms with Crippen molar-refractivity contribution in [3.05, 3.63) is 70.6 Å². The van der Waals surface area contributed by atoms with Crippen LogP contribution in [-0.4, -0.2) is 21.5 Å². The fourth-order valence-corrected chi connectivity index (χ4v) is 3.22. The molecule has 128 valence electrons. The van der Waals surface area contributed by atoms with Gasteiger partial charge in [-0.3, -0.25) is 4.79 Å². The topological polar surface area (TPSA) is 54.9 Å². The molecule has 0 spiro atoms. The second-order valence-corrected chi connectivity index (χ2v) is 6.97. The van der Waals surface area contributed by atoms with Gasteiger partial charge in [0.05, 0.1) is 0 Å². The summed E-state index contributed by atoms with van der Waals surface area (Å²) in [4.78, 5) is 13.2. The number of benzene rings is 2. The molecule has 0 unspecified atom stereocenters. The van der Waals surface area contributed by atoms with Gasteiger partial charge in [0, 0.05) is 11.6 Å². The van der Waals surface area contributed by atoms with Crippen LogP contribution in [0.2, 0.25) is 0 Å². The van der Waals surface area contributed by atoms with E-state index in [0.29, 0.717) is 10.6 Å². The zero-order chi connectivity index (χ0) is 17.6. The SMILES string of the molecule is Cc1ccc(-c2nnsc2C(=O)N[C@H](C)CCc2ccccc2)cc1. The lowest BCUT2D eigenvalue weighted by Gasteiger charge is -2.13. The predicted molar refractivity (Wildman–Crippen MR) is 102 cm³/mol. The van der Waals surface area contributed by atoms with Gasteiger partial charge in [-0.05, 0) is 43.8 Å². The van der Waals surface area contributed by atoms with Crippen molar-refractivity contribution < 1.29 is 4.79 Å². The van der Waals surface area contributed by atoms with Gasteiger partial charge in [-0.1, -0.05) is 64.6 Å². The highest BCUT2D eigenvalue weighted by molar-refractivity contribution is 7.08. The van der Waals surface area contributed by atoms with Crippen molar-refractivity contribution in [2.75, 3.05) is 0 Å². The molecule has 0 saturated carbocycles. The maximum atomic E-state index is 12.6. The average molecular weight is 351 g/mol. The van der Waals surface area contributed by atoms with Crippen LogP contribution in [0.1, 0.15) is 34.1 Å². The molecule has 0 aliphatic heterocycles. The van der Waals surface area contributed by atoms with E-state index in [2.05, 4.69) is 27.0 Å². The van der Waals surface area contributed by atoms with Crippen LogP contribution in [0, 0.1) is 6.92 Å². The third-order valence-corrected chi connectivity index (χ3v) is 4.83. The summed E-state index contributed by atoms with van der Waals surface area (Å²) in [6.07, 6.45) is 1.83. The normalized spacial score (nSPS) is 11.9. The Morgan fingerprint density at radius 2 is 1.84 bits per heavy atom. The van der Waals surface area contributed by atoms with E-state index in [-0.39, 0.29) is 11.9 Å². The summed E-state index contributed by atoms with van der Waals surface area (Å²) in [5, 5.41) is 7.21. The van der Waals surface area contributed by atoms with Crippen LogP contribution >= 0.6 is 11.5 Å². The number of rotatable bonds is 6. The van der Waals surface area contributed by atoms with Gasteiger partial charge >= 0.3 is 0 Å². The van der Waals surface area contributed by atoms with Crippen molar-refractivity contribution in [1.82, 2.24) is 14.9 Å². The lowest BCUT2D eigenvalue weighted by atomic mass is 10.1. The molecular formula is C20H21N3OS. The first-order valence-electron chi connectivity index (χ1n) is 8.37. The van der Waals surface area contributed by atoms with Gasteiger partial charge in [0.1, 0.15) is 10.6 Å². The molecule has 5 heteroatoms. The van der Waals surface area contributed by atoms with Gasteiger partial charge in [0.25, 0.3) is 5.91 Å². The van der Waals surface area contributed by atoms with E-state index in [9.17, 15) is 4.79 Å². The Morgan fingerprint density at radius 1 is 1.12 bits per heavy atom. The molecule has 0 radical (unpaired) electrons. The van der Waals surface area contributed by atoms with Crippen LogP contribution in [0.3, 0.4) is 0 Å². The third kappa shape index (κ3) is 4.51. The molecule has 1 amide bonds. The number of nitrogens with zero attached hydrogens (tertiary/aromatic N) is 2. The lowest BCUT2D eigenvalue weighted by molar-refractivity contribution is 0.0943. The monoisotopic (exact) mass is 351 g/mol. The van der Waals surface area contributed by atoms with Gasteiger partial charge in [0.2, 0.25) is 0 Å². The number of amides is 1. The predicted octanol–water partition coefficient (Wildman–Crippen LogP) is 4.26. The Kier molecular flexibility index (Phi) is 5.56. The smallest absolute Gasteiger partial charge is 0.265 e. The summed E-state index contributed by atoms with van der Waals surface area (Å²) in [6.45, 7) is 4.06. The summed E-state index contributed by atoms with van der Waals surface area (Å²) < 4.78 is 3.97. The second-order valence-electron chi connectivity index (χ2n) is 6.22. The number of aromatic nitrogens is 2. The van der Waals surface area contributed by atoms with E-state index in [1.54, 1.807) is 0 Å². The zero-order valence-corrected chi connectivity index (χ0v) is 15.2. The fourth-order valence-electron chi connectivity index (χ4n) is 2.63. The molecule has 0 aliphatic carbocycles. The minimum Gasteiger partial charge on any atom is -0.349 e. The molecule has 0 saturated heterocycles. The molecule has 1 heterocycles. The molecule has 1 atom stereocenters. The molecule has 1 aromatic heterocycles. The summed E-state index contributed by atoms with van der Waals surface area (Å²) in [5.74, 6) is -0.105. The van der Waals surface area contributed by atoms with Crippen LogP contribution in [0.15, 0.2) is 54.6 Å². The number of nitrogens with one attached hydrogen (secondary N) is 1. The Hall–Kier alpha value is -2.53. The summed E-state index contributed by atoms with van der Waals surface area (Å²) in [7, 11) is 0. The van der Waals surface area contributed by atoms with E-state index in [0.717, 1.165) is 29.9 Å². The Bertz CT molecular complexity index is 828. The lowest BCUT2D eigenvalue weighted by Crippen LogP contribution is -2.32. The molecule has 25 heavy (non-hydrogen) atoms. The molecule has 1 N–H and O–H groups in total. The zero-order valence-electron chi connectivity index (χ0n) is 14.4. The van der Waals surface area contributed by atoms with Crippen LogP contribution in [0.4, 0.5) is 0 Å². The summed E-state index contributed by atoms with van der Waals surface area (Å²) >= 11 is 1.14. The molecule has 2 aromatic carbocycles. The van der Waals surface area contributed by atoms with E-state index >= 15 is 0 Å². The molecule has 0 fully saturated rings. The second kappa shape index (κ2) is 8.03. The van der Waals surface area contributed by atoms with Gasteiger partial charge in [0.15, 0.2) is 0 Å². The number of carbonyl (C=O) groups excluding carboxylic acids is 1. The quantitative estimate of drug-likeness (QED) is 0.722. The first-order chi connectivity index (χ1) is 12.1. The van der Waals surface area contributed by atoms with E-state index in [1.165, 1.54) is 11.1 Å². The maximum absolute atomic E-state index is 12.6. The van der Waals surface area contributed by atoms with Crippen LogP contribution in [0.5, 0.6) is 0 Å². The van der Waals surface area contributed by atoms with E-state index in [4.69, 9.17) is 0 Å². The summed E-state index contributed by atoms with van der Waals surface area (Å²) in [6, 6.07) is 18.4. The van der Waals surface area contributed by atoms with Gasteiger partial charge in [-0.15, -0.1) is 5.10 Å². The highest BCUT2D eigenvalue weighted by Crippen LogP contribution is 2.24. The van der Waals surface area contributed by atoms with Crippen LogP contribution in [-0.2, 0) is 6.42 Å². The van der Waals surface area contributed by atoms with Gasteiger partial charge in [-0.25, -0.2) is 0 Å². The van der Waals surface area contributed by atoms with Crippen molar-refractivity contribution in [2.24, 2.45) is 0 Å². The summed E-state index contributed by atoms with van der Waals surface area (Å²) in [5.41, 5.74) is 4.02. The highest BCUT2D eigenvalue weighted by atomic mass is 32.1. The molecule has 4 nitrogen and oxygen atoms in total. The molecule has 0 bridgehead atoms. The standard InChI is InChI=1S/C20H21N3OS/c1-14-8-12-17(13-9-14)18-19(25-23-22-18)20(24)21-15(2)10-11-16-6-4-3-5-7-16/h3-9,12-13,15H,10-11H2,1-2H3,(H,21,24)/t15-/m1/s1. The minimum atomic E-state index is -0.105. The van der Waals surface area contributed by atoms with Crippen LogP contribution in [0.25, 0.3) is 11.3 Å². The van der Waals surface area contributed by atoms with E-state index in [1.807, 2.05) is 56.3 Å². The van der Waals surface area contributed by atoms with Crippen molar-refractivity contribution in [3.8, 4) is 11.3 Å². The van der Waals surface area contributed by atoms with Gasteiger partial charge < -0.3 is 5.32 Å². The van der Waals surface area contributed by atoms with Crippen molar-refractivity contribution in [1.29, 1.82) is 0 Å². The third-order valence-electron chi connectivity index (χ3n) is 4.11. The van der Waals surface area contributed by atoms with Crippen molar-refractivity contribution >= 4 is 17.4 Å². The number of hydrogen-bond acceptors (Lipinski definition) is 4. The average Bonchev–Trinajstić information content (AvgIpc) is 3.11. The largest absolute Gasteiger partial charge is 0.349 e. The molecule has 3 aromatic rings. The number of hydrogen-bond donors (Lipinski definition) is 1. The Morgan fingerprint density at radius 3 is 2.56 bits per heavy atom. The van der Waals surface area contributed by atoms with E-state index < -0.39 is 0 Å². The Balaban J connectivity index is 1.63. The van der Waals surface area contributed by atoms with Crippen molar-refractivity contribution in [3.63, 3.8) is 0 Å². The first kappa shape index (κ1) is 17.3. The van der Waals surface area contributed by atoms with Gasteiger partial charge in [-0.2, -0.15) is 0 Å². The fraction of sp³-hybridized carbons (Fsp3) is 0.250. The number of carbonyl (C=O) groups is 1. The van der Waals surface area contributed by atoms with Crippen LogP contribution < -0.4 is 5.32 Å². The minimum absolute atomic E-state index is 0.0840.